The van der Waals surface area contributed by atoms with Crippen molar-refractivity contribution in [3.05, 3.63) is 10.6 Å². The lowest BCUT2D eigenvalue weighted by Crippen LogP contribution is -2.54. The van der Waals surface area contributed by atoms with E-state index in [-0.39, 0.29) is 11.3 Å². The molecule has 0 aromatic carbocycles. The third-order valence-corrected chi connectivity index (χ3v) is 6.28. The number of piperidine rings is 2. The molecule has 1 spiro atoms. The molecule has 1 atom stereocenters. The second kappa shape index (κ2) is 8.10. The van der Waals surface area contributed by atoms with Crippen molar-refractivity contribution in [1.82, 2.24) is 19.4 Å². The normalized spacial score (nSPS) is 25.3. The lowest BCUT2D eigenvalue weighted by atomic mass is 9.73. The van der Waals surface area contributed by atoms with E-state index in [2.05, 4.69) is 28.3 Å². The molecule has 2 saturated heterocycles. The zero-order chi connectivity index (χ0) is 17.9. The summed E-state index contributed by atoms with van der Waals surface area (Å²) in [4.78, 5) is 18.1. The van der Waals surface area contributed by atoms with Gasteiger partial charge in [0, 0.05) is 45.1 Å². The first kappa shape index (κ1) is 18.7. The lowest BCUT2D eigenvalue weighted by Gasteiger charge is -2.48. The van der Waals surface area contributed by atoms with Crippen molar-refractivity contribution in [1.29, 1.82) is 0 Å². The zero-order valence-corrected chi connectivity index (χ0v) is 16.5. The van der Waals surface area contributed by atoms with E-state index in [1.165, 1.54) is 29.3 Å². The largest absolute Gasteiger partial charge is 0.383 e. The predicted molar refractivity (Wildman–Crippen MR) is 98.6 cm³/mol. The number of methoxy groups -OCH3 is 1. The minimum Gasteiger partial charge on any atom is -0.383 e. The number of aromatic nitrogens is 2. The summed E-state index contributed by atoms with van der Waals surface area (Å²) in [5.41, 5.74) is 1.39. The van der Waals surface area contributed by atoms with Crippen LogP contribution in [0.1, 0.15) is 56.0 Å². The monoisotopic (exact) mass is 366 g/mol. The van der Waals surface area contributed by atoms with Gasteiger partial charge in [-0.15, -0.1) is 5.10 Å². The minimum atomic E-state index is 0.246. The SMILES string of the molecule is COCCN1CC2(CCCN(Cc3snnc3C(C)C)C2)CCC1=O. The smallest absolute Gasteiger partial charge is 0.222 e. The fourth-order valence-corrected chi connectivity index (χ4v) is 5.09. The summed E-state index contributed by atoms with van der Waals surface area (Å²) >= 11 is 1.53. The number of rotatable bonds is 6. The molecule has 0 bridgehead atoms. The maximum atomic E-state index is 12.2. The lowest BCUT2D eigenvalue weighted by molar-refractivity contribution is -0.140. The van der Waals surface area contributed by atoms with Gasteiger partial charge in [-0.2, -0.15) is 0 Å². The van der Waals surface area contributed by atoms with Gasteiger partial charge in [0.25, 0.3) is 0 Å². The average Bonchev–Trinajstić information content (AvgIpc) is 3.04. The summed E-state index contributed by atoms with van der Waals surface area (Å²) in [5, 5.41) is 4.32. The molecule has 3 rings (SSSR count). The second-order valence-corrected chi connectivity index (χ2v) is 8.70. The number of hydrogen-bond donors (Lipinski definition) is 0. The molecule has 6 nitrogen and oxygen atoms in total. The van der Waals surface area contributed by atoms with Crippen LogP contribution in [0.4, 0.5) is 0 Å². The van der Waals surface area contributed by atoms with Crippen LogP contribution in [0.15, 0.2) is 0 Å². The van der Waals surface area contributed by atoms with Crippen LogP contribution in [0.5, 0.6) is 0 Å². The van der Waals surface area contributed by atoms with Crippen LogP contribution in [-0.2, 0) is 16.1 Å². The summed E-state index contributed by atoms with van der Waals surface area (Å²) in [6, 6.07) is 0. The molecule has 7 heteroatoms. The van der Waals surface area contributed by atoms with Gasteiger partial charge in [-0.05, 0) is 43.3 Å². The summed E-state index contributed by atoms with van der Waals surface area (Å²) in [6.45, 7) is 9.71. The molecule has 2 aliphatic rings. The van der Waals surface area contributed by atoms with Crippen LogP contribution in [-0.4, -0.2) is 65.2 Å². The van der Waals surface area contributed by atoms with Gasteiger partial charge in [-0.3, -0.25) is 9.69 Å². The number of ether oxygens (including phenoxy) is 1. The van der Waals surface area contributed by atoms with Crippen LogP contribution in [0.3, 0.4) is 0 Å². The van der Waals surface area contributed by atoms with E-state index in [1.54, 1.807) is 7.11 Å². The van der Waals surface area contributed by atoms with E-state index in [1.807, 2.05) is 4.90 Å². The Morgan fingerprint density at radius 3 is 2.92 bits per heavy atom. The first-order valence-electron chi connectivity index (χ1n) is 9.33. The van der Waals surface area contributed by atoms with Gasteiger partial charge >= 0.3 is 0 Å². The third-order valence-electron chi connectivity index (χ3n) is 5.55. The summed E-state index contributed by atoms with van der Waals surface area (Å²) in [5.74, 6) is 0.706. The number of likely N-dealkylation sites (tertiary alicyclic amines) is 2. The Morgan fingerprint density at radius 2 is 2.16 bits per heavy atom. The molecule has 2 fully saturated rings. The molecule has 25 heavy (non-hydrogen) atoms. The number of carbonyl (C=O) groups excluding carboxylic acids is 1. The van der Waals surface area contributed by atoms with E-state index in [0.29, 0.717) is 25.5 Å². The Kier molecular flexibility index (Phi) is 6.07. The van der Waals surface area contributed by atoms with E-state index < -0.39 is 0 Å². The highest BCUT2D eigenvalue weighted by Gasteiger charge is 2.41. The molecule has 1 amide bonds. The number of nitrogens with zero attached hydrogens (tertiary/aromatic N) is 4. The highest BCUT2D eigenvalue weighted by atomic mass is 32.1. The summed E-state index contributed by atoms with van der Waals surface area (Å²) < 4.78 is 9.35. The first-order chi connectivity index (χ1) is 12.0. The van der Waals surface area contributed by atoms with Gasteiger partial charge in [0.05, 0.1) is 17.2 Å². The van der Waals surface area contributed by atoms with Gasteiger partial charge in [0.2, 0.25) is 5.91 Å². The summed E-state index contributed by atoms with van der Waals surface area (Å²) in [7, 11) is 1.70. The Hall–Kier alpha value is -1.05. The predicted octanol–water partition coefficient (Wildman–Crippen LogP) is 2.51. The van der Waals surface area contributed by atoms with Crippen molar-refractivity contribution in [3.63, 3.8) is 0 Å². The maximum absolute atomic E-state index is 12.2. The van der Waals surface area contributed by atoms with Crippen molar-refractivity contribution in [3.8, 4) is 0 Å². The first-order valence-corrected chi connectivity index (χ1v) is 10.1. The third kappa shape index (κ3) is 4.38. The number of hydrogen-bond acceptors (Lipinski definition) is 6. The van der Waals surface area contributed by atoms with Gasteiger partial charge in [0.1, 0.15) is 0 Å². The van der Waals surface area contributed by atoms with Crippen molar-refractivity contribution in [2.45, 2.75) is 52.0 Å². The van der Waals surface area contributed by atoms with Crippen LogP contribution in [0.25, 0.3) is 0 Å². The minimum absolute atomic E-state index is 0.246. The molecular formula is C18H30N4O2S. The van der Waals surface area contributed by atoms with E-state index >= 15 is 0 Å². The highest BCUT2D eigenvalue weighted by molar-refractivity contribution is 7.05. The van der Waals surface area contributed by atoms with Gasteiger partial charge in [-0.25, -0.2) is 0 Å². The zero-order valence-electron chi connectivity index (χ0n) is 15.7. The average molecular weight is 367 g/mol. The Labute approximate surface area is 154 Å². The number of amides is 1. The Bertz CT molecular complexity index is 591. The van der Waals surface area contributed by atoms with Gasteiger partial charge in [-0.1, -0.05) is 18.3 Å². The van der Waals surface area contributed by atoms with Crippen LogP contribution in [0.2, 0.25) is 0 Å². The quantitative estimate of drug-likeness (QED) is 0.774. The van der Waals surface area contributed by atoms with Crippen molar-refractivity contribution >= 4 is 17.4 Å². The number of carbonyl (C=O) groups is 1. The van der Waals surface area contributed by atoms with Crippen LogP contribution >= 0.6 is 11.5 Å². The fourth-order valence-electron chi connectivity index (χ4n) is 4.25. The summed E-state index contributed by atoms with van der Waals surface area (Å²) in [6.07, 6.45) is 4.12. The van der Waals surface area contributed by atoms with E-state index in [4.69, 9.17) is 4.74 Å². The van der Waals surface area contributed by atoms with Crippen molar-refractivity contribution < 1.29 is 9.53 Å². The Morgan fingerprint density at radius 1 is 1.32 bits per heavy atom. The van der Waals surface area contributed by atoms with E-state index in [9.17, 15) is 4.79 Å². The van der Waals surface area contributed by atoms with Crippen LogP contribution in [0, 0.1) is 5.41 Å². The maximum Gasteiger partial charge on any atom is 0.222 e. The molecule has 140 valence electrons. The topological polar surface area (TPSA) is 58.6 Å². The second-order valence-electron chi connectivity index (χ2n) is 7.86. The molecule has 3 heterocycles. The molecule has 0 N–H and O–H groups in total. The molecule has 0 aliphatic carbocycles. The van der Waals surface area contributed by atoms with Gasteiger partial charge < -0.3 is 9.64 Å². The molecule has 1 aromatic heterocycles. The van der Waals surface area contributed by atoms with Gasteiger partial charge in [0.15, 0.2) is 0 Å². The van der Waals surface area contributed by atoms with E-state index in [0.717, 1.165) is 38.3 Å². The molecule has 0 saturated carbocycles. The molecule has 2 aliphatic heterocycles. The fraction of sp³-hybridized carbons (Fsp3) is 0.833. The van der Waals surface area contributed by atoms with Crippen molar-refractivity contribution in [2.75, 3.05) is 39.9 Å². The van der Waals surface area contributed by atoms with Crippen molar-refractivity contribution in [2.24, 2.45) is 5.41 Å². The molecule has 1 aromatic rings. The van der Waals surface area contributed by atoms with Crippen LogP contribution < -0.4 is 0 Å². The molecular weight excluding hydrogens is 336 g/mol. The standard InChI is InChI=1S/C18H30N4O2S/c1-14(2)17-15(25-20-19-17)11-21-8-4-6-18(12-21)7-5-16(23)22(13-18)9-10-24-3/h14H,4-13H2,1-3H3. The highest BCUT2D eigenvalue weighted by Crippen LogP contribution is 2.39. The molecule has 1 unspecified atom stereocenters. The molecule has 0 radical (unpaired) electrons. The Balaban J connectivity index is 1.65.